The highest BCUT2D eigenvalue weighted by atomic mass is 79.9. The SMILES string of the molecule is CC(C)(CNc1ccccc1Br)S(C)(=O)=O. The number of halogens is 1. The summed E-state index contributed by atoms with van der Waals surface area (Å²) in [6.07, 6.45) is 1.26. The first-order valence-corrected chi connectivity index (χ1v) is 7.60. The van der Waals surface area contributed by atoms with E-state index in [4.69, 9.17) is 0 Å². The predicted octanol–water partition coefficient (Wildman–Crippen LogP) is 2.68. The van der Waals surface area contributed by atoms with Crippen molar-refractivity contribution in [2.75, 3.05) is 18.1 Å². The molecule has 1 aromatic carbocycles. The van der Waals surface area contributed by atoms with E-state index in [1.807, 2.05) is 24.3 Å². The van der Waals surface area contributed by atoms with Crippen LogP contribution in [0.1, 0.15) is 13.8 Å². The maximum atomic E-state index is 11.5. The molecule has 16 heavy (non-hydrogen) atoms. The Morgan fingerprint density at radius 1 is 1.31 bits per heavy atom. The summed E-state index contributed by atoms with van der Waals surface area (Å²) in [5, 5.41) is 3.13. The van der Waals surface area contributed by atoms with E-state index in [9.17, 15) is 8.42 Å². The molecule has 90 valence electrons. The van der Waals surface area contributed by atoms with Gasteiger partial charge < -0.3 is 5.32 Å². The molecule has 0 heterocycles. The van der Waals surface area contributed by atoms with Gasteiger partial charge in [-0.25, -0.2) is 8.42 Å². The lowest BCUT2D eigenvalue weighted by molar-refractivity contribution is 0.560. The van der Waals surface area contributed by atoms with Crippen LogP contribution in [0.2, 0.25) is 0 Å². The Hall–Kier alpha value is -0.550. The maximum absolute atomic E-state index is 11.5. The second kappa shape index (κ2) is 4.75. The molecule has 0 atom stereocenters. The summed E-state index contributed by atoms with van der Waals surface area (Å²) in [6, 6.07) is 7.63. The molecule has 0 unspecified atom stereocenters. The monoisotopic (exact) mass is 305 g/mol. The first kappa shape index (κ1) is 13.5. The molecule has 3 nitrogen and oxygen atoms in total. The van der Waals surface area contributed by atoms with Gasteiger partial charge in [0.1, 0.15) is 0 Å². The highest BCUT2D eigenvalue weighted by Gasteiger charge is 2.29. The average molecular weight is 306 g/mol. The van der Waals surface area contributed by atoms with Crippen molar-refractivity contribution >= 4 is 31.5 Å². The molecular formula is C11H16BrNO2S. The normalized spacial score (nSPS) is 12.5. The molecule has 0 amide bonds. The third kappa shape index (κ3) is 3.22. The lowest BCUT2D eigenvalue weighted by Gasteiger charge is -2.23. The third-order valence-electron chi connectivity index (χ3n) is 2.58. The van der Waals surface area contributed by atoms with Crippen molar-refractivity contribution in [1.82, 2.24) is 0 Å². The lowest BCUT2D eigenvalue weighted by atomic mass is 10.2. The van der Waals surface area contributed by atoms with Crippen molar-refractivity contribution in [2.24, 2.45) is 0 Å². The van der Waals surface area contributed by atoms with Crippen LogP contribution in [-0.2, 0) is 9.84 Å². The zero-order valence-electron chi connectivity index (χ0n) is 9.62. The van der Waals surface area contributed by atoms with E-state index in [0.29, 0.717) is 6.54 Å². The number of rotatable bonds is 4. The van der Waals surface area contributed by atoms with E-state index in [0.717, 1.165) is 10.2 Å². The Kier molecular flexibility index (Phi) is 4.02. The Morgan fingerprint density at radius 2 is 1.88 bits per heavy atom. The van der Waals surface area contributed by atoms with Gasteiger partial charge in [-0.1, -0.05) is 12.1 Å². The van der Waals surface area contributed by atoms with Crippen LogP contribution in [0.25, 0.3) is 0 Å². The summed E-state index contributed by atoms with van der Waals surface area (Å²) in [7, 11) is -3.06. The van der Waals surface area contributed by atoms with Crippen LogP contribution in [0.15, 0.2) is 28.7 Å². The van der Waals surface area contributed by atoms with Crippen molar-refractivity contribution in [1.29, 1.82) is 0 Å². The van der Waals surface area contributed by atoms with E-state index in [1.165, 1.54) is 6.26 Å². The van der Waals surface area contributed by atoms with Crippen LogP contribution in [-0.4, -0.2) is 26.0 Å². The fourth-order valence-corrected chi connectivity index (χ4v) is 1.80. The molecule has 5 heteroatoms. The molecule has 0 radical (unpaired) electrons. The van der Waals surface area contributed by atoms with Gasteiger partial charge in [0.05, 0.1) is 4.75 Å². The summed E-state index contributed by atoms with van der Waals surface area (Å²) >= 11 is 3.40. The van der Waals surface area contributed by atoms with Gasteiger partial charge in [0.25, 0.3) is 0 Å². The average Bonchev–Trinajstić information content (AvgIpc) is 2.15. The van der Waals surface area contributed by atoms with Gasteiger partial charge >= 0.3 is 0 Å². The van der Waals surface area contributed by atoms with E-state index < -0.39 is 14.6 Å². The Balaban J connectivity index is 2.77. The highest BCUT2D eigenvalue weighted by molar-refractivity contribution is 9.10. The number of nitrogens with one attached hydrogen (secondary N) is 1. The lowest BCUT2D eigenvalue weighted by Crippen LogP contribution is -2.38. The third-order valence-corrected chi connectivity index (χ3v) is 5.43. The van der Waals surface area contributed by atoms with Crippen molar-refractivity contribution < 1.29 is 8.42 Å². The summed E-state index contributed by atoms with van der Waals surface area (Å²) in [6.45, 7) is 3.81. The Bertz CT molecular complexity index is 469. The molecule has 0 bridgehead atoms. The minimum Gasteiger partial charge on any atom is -0.383 e. The van der Waals surface area contributed by atoms with Gasteiger partial charge in [-0.15, -0.1) is 0 Å². The molecule has 0 aliphatic carbocycles. The molecular weight excluding hydrogens is 290 g/mol. The minimum absolute atomic E-state index is 0.383. The van der Waals surface area contributed by atoms with Crippen LogP contribution in [0, 0.1) is 0 Å². The summed E-state index contributed by atoms with van der Waals surface area (Å²) in [4.78, 5) is 0. The van der Waals surface area contributed by atoms with Crippen molar-refractivity contribution in [3.05, 3.63) is 28.7 Å². The standard InChI is InChI=1S/C11H16BrNO2S/c1-11(2,16(3,14)15)8-13-10-7-5-4-6-9(10)12/h4-7,13H,8H2,1-3H3. The molecule has 1 rings (SSSR count). The minimum atomic E-state index is -3.06. The van der Waals surface area contributed by atoms with E-state index >= 15 is 0 Å². The number of hydrogen-bond donors (Lipinski definition) is 1. The molecule has 0 saturated carbocycles. The first-order valence-electron chi connectivity index (χ1n) is 4.92. The van der Waals surface area contributed by atoms with Gasteiger partial charge in [-0.05, 0) is 41.9 Å². The molecule has 1 N–H and O–H groups in total. The number of hydrogen-bond acceptors (Lipinski definition) is 3. The van der Waals surface area contributed by atoms with Gasteiger partial charge in [-0.2, -0.15) is 0 Å². The molecule has 0 fully saturated rings. The van der Waals surface area contributed by atoms with Gasteiger partial charge in [-0.3, -0.25) is 0 Å². The van der Waals surface area contributed by atoms with Crippen LogP contribution in [0.3, 0.4) is 0 Å². The van der Waals surface area contributed by atoms with Crippen molar-refractivity contribution in [3.8, 4) is 0 Å². The second-order valence-electron chi connectivity index (χ2n) is 4.37. The molecule has 0 aliphatic rings. The largest absolute Gasteiger partial charge is 0.383 e. The first-order chi connectivity index (χ1) is 7.24. The van der Waals surface area contributed by atoms with Crippen LogP contribution < -0.4 is 5.32 Å². The summed E-state index contributed by atoms with van der Waals surface area (Å²) in [5.74, 6) is 0. The van der Waals surface area contributed by atoms with Gasteiger partial charge in [0, 0.05) is 23.0 Å². The highest BCUT2D eigenvalue weighted by Crippen LogP contribution is 2.23. The summed E-state index contributed by atoms with van der Waals surface area (Å²) in [5.41, 5.74) is 0.902. The van der Waals surface area contributed by atoms with E-state index in [-0.39, 0.29) is 0 Å². The second-order valence-corrected chi connectivity index (χ2v) is 7.87. The zero-order chi connectivity index (χ0) is 12.4. The van der Waals surface area contributed by atoms with Crippen LogP contribution in [0.4, 0.5) is 5.69 Å². The molecule has 0 saturated heterocycles. The predicted molar refractivity (Wildman–Crippen MR) is 71.6 cm³/mol. The van der Waals surface area contributed by atoms with Crippen molar-refractivity contribution in [3.63, 3.8) is 0 Å². The molecule has 1 aromatic rings. The van der Waals surface area contributed by atoms with Gasteiger partial charge in [0.2, 0.25) is 0 Å². The Morgan fingerprint density at radius 3 is 2.38 bits per heavy atom. The van der Waals surface area contributed by atoms with E-state index in [2.05, 4.69) is 21.2 Å². The quantitative estimate of drug-likeness (QED) is 0.930. The van der Waals surface area contributed by atoms with Crippen LogP contribution >= 0.6 is 15.9 Å². The number of sulfone groups is 1. The number of benzene rings is 1. The van der Waals surface area contributed by atoms with Crippen LogP contribution in [0.5, 0.6) is 0 Å². The number of para-hydroxylation sites is 1. The fraction of sp³-hybridized carbons (Fsp3) is 0.455. The van der Waals surface area contributed by atoms with Crippen molar-refractivity contribution in [2.45, 2.75) is 18.6 Å². The molecule has 0 spiro atoms. The van der Waals surface area contributed by atoms with E-state index in [1.54, 1.807) is 13.8 Å². The molecule has 0 aliphatic heterocycles. The fourth-order valence-electron chi connectivity index (χ4n) is 1.04. The molecule has 0 aromatic heterocycles. The Labute approximate surface area is 105 Å². The topological polar surface area (TPSA) is 46.2 Å². The van der Waals surface area contributed by atoms with Gasteiger partial charge in [0.15, 0.2) is 9.84 Å². The zero-order valence-corrected chi connectivity index (χ0v) is 12.0. The maximum Gasteiger partial charge on any atom is 0.154 e. The number of anilines is 1. The summed E-state index contributed by atoms with van der Waals surface area (Å²) < 4.78 is 23.2. The smallest absolute Gasteiger partial charge is 0.154 e.